The molecule has 136 valence electrons. The Kier molecular flexibility index (Phi) is 6.13. The number of hydrogen-bond acceptors (Lipinski definition) is 5. The molecule has 3 aromatic rings. The summed E-state index contributed by atoms with van der Waals surface area (Å²) in [6, 6.07) is 11.3. The predicted molar refractivity (Wildman–Crippen MR) is 105 cm³/mol. The lowest BCUT2D eigenvalue weighted by Crippen LogP contribution is -2.23. The van der Waals surface area contributed by atoms with E-state index in [1.165, 1.54) is 18.0 Å². The molecular weight excluding hydrogens is 372 g/mol. The number of anilines is 1. The van der Waals surface area contributed by atoms with E-state index in [0.29, 0.717) is 24.0 Å². The zero-order valence-corrected chi connectivity index (χ0v) is 16.0. The van der Waals surface area contributed by atoms with E-state index in [4.69, 9.17) is 16.3 Å². The third-order valence-electron chi connectivity index (χ3n) is 3.77. The first-order valence-corrected chi connectivity index (χ1v) is 9.37. The van der Waals surface area contributed by atoms with Crippen LogP contribution in [0.4, 0.5) is 5.82 Å². The molecule has 0 aliphatic rings. The van der Waals surface area contributed by atoms with E-state index in [9.17, 15) is 4.79 Å². The minimum absolute atomic E-state index is 0.143. The van der Waals surface area contributed by atoms with Crippen LogP contribution < -0.4 is 5.32 Å². The smallest absolute Gasteiger partial charge is 0.238 e. The summed E-state index contributed by atoms with van der Waals surface area (Å²) in [5.74, 6) is 0.329. The van der Waals surface area contributed by atoms with Gasteiger partial charge in [0.1, 0.15) is 5.82 Å². The molecule has 0 aliphatic heterocycles. The van der Waals surface area contributed by atoms with Crippen LogP contribution in [0, 0.1) is 0 Å². The van der Waals surface area contributed by atoms with Crippen molar-refractivity contribution in [2.45, 2.75) is 23.9 Å². The molecule has 0 bridgehead atoms. The van der Waals surface area contributed by atoms with Crippen LogP contribution in [0.3, 0.4) is 0 Å². The number of para-hydroxylation sites is 2. The number of halogens is 1. The van der Waals surface area contributed by atoms with Crippen molar-refractivity contribution >= 4 is 46.1 Å². The molecule has 1 aromatic carbocycles. The van der Waals surface area contributed by atoms with E-state index in [1.54, 1.807) is 19.2 Å². The Morgan fingerprint density at radius 1 is 1.35 bits per heavy atom. The fourth-order valence-corrected chi connectivity index (χ4v) is 3.49. The van der Waals surface area contributed by atoms with Gasteiger partial charge in [-0.1, -0.05) is 35.5 Å². The highest BCUT2D eigenvalue weighted by Crippen LogP contribution is 2.27. The summed E-state index contributed by atoms with van der Waals surface area (Å²) >= 11 is 7.22. The van der Waals surface area contributed by atoms with Gasteiger partial charge in [0, 0.05) is 19.9 Å². The third-order valence-corrected chi connectivity index (χ3v) is 5.08. The number of pyridine rings is 1. The van der Waals surface area contributed by atoms with Crippen molar-refractivity contribution in [1.29, 1.82) is 0 Å². The molecule has 0 saturated heterocycles. The number of rotatable bonds is 7. The summed E-state index contributed by atoms with van der Waals surface area (Å²) in [4.78, 5) is 21.2. The Morgan fingerprint density at radius 3 is 2.88 bits per heavy atom. The molecule has 0 aliphatic carbocycles. The van der Waals surface area contributed by atoms with Gasteiger partial charge in [-0.15, -0.1) is 0 Å². The average Bonchev–Trinajstić information content (AvgIpc) is 2.98. The van der Waals surface area contributed by atoms with Gasteiger partial charge in [-0.05, 0) is 31.2 Å². The van der Waals surface area contributed by atoms with Crippen LogP contribution in [0.15, 0.2) is 47.8 Å². The van der Waals surface area contributed by atoms with Crippen molar-refractivity contribution in [2.75, 3.05) is 19.0 Å². The molecule has 1 atom stereocenters. The fraction of sp³-hybridized carbons (Fsp3) is 0.278. The first kappa shape index (κ1) is 18.7. The van der Waals surface area contributed by atoms with Crippen molar-refractivity contribution in [3.8, 4) is 0 Å². The highest BCUT2D eigenvalue weighted by atomic mass is 35.5. The molecule has 1 amide bonds. The molecule has 2 aromatic heterocycles. The van der Waals surface area contributed by atoms with Gasteiger partial charge in [-0.2, -0.15) is 0 Å². The number of nitrogens with zero attached hydrogens (tertiary/aromatic N) is 3. The van der Waals surface area contributed by atoms with E-state index in [0.717, 1.165) is 16.2 Å². The second kappa shape index (κ2) is 8.53. The van der Waals surface area contributed by atoms with Crippen molar-refractivity contribution in [3.05, 3.63) is 47.6 Å². The predicted octanol–water partition coefficient (Wildman–Crippen LogP) is 3.85. The number of methoxy groups -OCH3 is 1. The fourth-order valence-electron chi connectivity index (χ4n) is 2.43. The summed E-state index contributed by atoms with van der Waals surface area (Å²) in [5, 5.41) is 3.76. The molecule has 0 unspecified atom stereocenters. The minimum Gasteiger partial charge on any atom is -0.383 e. The van der Waals surface area contributed by atoms with Crippen LogP contribution in [0.1, 0.15) is 6.92 Å². The summed E-state index contributed by atoms with van der Waals surface area (Å²) in [6.07, 6.45) is 1.50. The average molecular weight is 391 g/mol. The molecular formula is C18H19ClN4O2S. The number of thioether (sulfide) groups is 1. The molecule has 0 saturated carbocycles. The van der Waals surface area contributed by atoms with E-state index >= 15 is 0 Å². The van der Waals surface area contributed by atoms with Crippen molar-refractivity contribution in [2.24, 2.45) is 0 Å². The Morgan fingerprint density at radius 2 is 2.15 bits per heavy atom. The molecule has 1 N–H and O–H groups in total. The van der Waals surface area contributed by atoms with Gasteiger partial charge in [0.25, 0.3) is 0 Å². The number of carbonyl (C=O) groups excluding carboxylic acids is 1. The number of nitrogens with one attached hydrogen (secondary N) is 1. The van der Waals surface area contributed by atoms with E-state index < -0.39 is 0 Å². The van der Waals surface area contributed by atoms with Gasteiger partial charge in [-0.3, -0.25) is 4.79 Å². The number of carbonyl (C=O) groups is 1. The monoisotopic (exact) mass is 390 g/mol. The third kappa shape index (κ3) is 4.35. The molecule has 8 heteroatoms. The van der Waals surface area contributed by atoms with Crippen molar-refractivity contribution in [3.63, 3.8) is 0 Å². The Hall–Kier alpha value is -2.09. The summed E-state index contributed by atoms with van der Waals surface area (Å²) in [5.41, 5.74) is 1.93. The number of imidazole rings is 1. The first-order chi connectivity index (χ1) is 12.6. The van der Waals surface area contributed by atoms with Gasteiger partial charge in [-0.25, -0.2) is 9.97 Å². The van der Waals surface area contributed by atoms with Crippen LogP contribution in [0.25, 0.3) is 11.0 Å². The molecule has 2 heterocycles. The Bertz CT molecular complexity index is 898. The van der Waals surface area contributed by atoms with Gasteiger partial charge >= 0.3 is 0 Å². The van der Waals surface area contributed by atoms with Crippen LogP contribution in [0.2, 0.25) is 5.02 Å². The normalized spacial score (nSPS) is 12.3. The van der Waals surface area contributed by atoms with E-state index in [2.05, 4.69) is 19.9 Å². The van der Waals surface area contributed by atoms with Gasteiger partial charge in [0.2, 0.25) is 5.91 Å². The second-order valence-corrected chi connectivity index (χ2v) is 7.38. The number of aromatic nitrogens is 3. The SMILES string of the molecule is COCCn1c(S[C@@H](C)C(=O)Nc2ccc(Cl)cn2)nc2ccccc21. The standard InChI is InChI=1S/C18H19ClN4O2S/c1-12(17(24)22-16-8-7-13(19)11-20-16)26-18-21-14-5-3-4-6-15(14)23(18)9-10-25-2/h3-8,11-12H,9-10H2,1-2H3,(H,20,22,24)/t12-/m0/s1. The lowest BCUT2D eigenvalue weighted by atomic mass is 10.3. The van der Waals surface area contributed by atoms with Crippen molar-refractivity contribution in [1.82, 2.24) is 14.5 Å². The van der Waals surface area contributed by atoms with Crippen molar-refractivity contribution < 1.29 is 9.53 Å². The number of fused-ring (bicyclic) bond motifs is 1. The first-order valence-electron chi connectivity index (χ1n) is 8.12. The second-order valence-electron chi connectivity index (χ2n) is 5.64. The van der Waals surface area contributed by atoms with Crippen LogP contribution in [-0.2, 0) is 16.1 Å². The molecule has 0 radical (unpaired) electrons. The maximum Gasteiger partial charge on any atom is 0.238 e. The van der Waals surface area contributed by atoms with E-state index in [-0.39, 0.29) is 11.2 Å². The minimum atomic E-state index is -0.342. The topological polar surface area (TPSA) is 69.0 Å². The Labute approximate surface area is 160 Å². The van der Waals surface area contributed by atoms with Gasteiger partial charge in [0.05, 0.1) is 27.9 Å². The summed E-state index contributed by atoms with van der Waals surface area (Å²) in [6.45, 7) is 3.09. The zero-order chi connectivity index (χ0) is 18.5. The maximum atomic E-state index is 12.5. The van der Waals surface area contributed by atoms with Gasteiger partial charge < -0.3 is 14.6 Å². The Balaban J connectivity index is 1.76. The zero-order valence-electron chi connectivity index (χ0n) is 14.5. The lowest BCUT2D eigenvalue weighted by Gasteiger charge is -2.13. The van der Waals surface area contributed by atoms with Crippen LogP contribution in [-0.4, -0.2) is 39.4 Å². The molecule has 3 rings (SSSR count). The quantitative estimate of drug-likeness (QED) is 0.620. The molecule has 26 heavy (non-hydrogen) atoms. The molecule has 0 fully saturated rings. The largest absolute Gasteiger partial charge is 0.383 e. The number of ether oxygens (including phenoxy) is 1. The number of amides is 1. The lowest BCUT2D eigenvalue weighted by molar-refractivity contribution is -0.115. The maximum absolute atomic E-state index is 12.5. The van der Waals surface area contributed by atoms with Gasteiger partial charge in [0.15, 0.2) is 5.16 Å². The highest BCUT2D eigenvalue weighted by Gasteiger charge is 2.19. The summed E-state index contributed by atoms with van der Waals surface area (Å²) < 4.78 is 7.28. The molecule has 6 nitrogen and oxygen atoms in total. The highest BCUT2D eigenvalue weighted by molar-refractivity contribution is 8.00. The summed E-state index contributed by atoms with van der Waals surface area (Å²) in [7, 11) is 1.67. The van der Waals surface area contributed by atoms with Crippen LogP contribution in [0.5, 0.6) is 0 Å². The van der Waals surface area contributed by atoms with E-state index in [1.807, 2.05) is 31.2 Å². The molecule has 0 spiro atoms. The number of hydrogen-bond donors (Lipinski definition) is 1. The van der Waals surface area contributed by atoms with Crippen LogP contribution >= 0.6 is 23.4 Å². The number of benzene rings is 1.